The van der Waals surface area contributed by atoms with Gasteiger partial charge in [0.05, 0.1) is 0 Å². The van der Waals surface area contributed by atoms with E-state index in [4.69, 9.17) is 40.9 Å². The molecule has 0 aliphatic heterocycles. The average Bonchev–Trinajstić information content (AvgIpc) is 2.03. The van der Waals surface area contributed by atoms with Crippen LogP contribution in [-0.2, 0) is 21.1 Å². The Bertz CT molecular complexity index is 18.8. The van der Waals surface area contributed by atoms with Gasteiger partial charge in [0, 0.05) is 40.9 Å². The zero-order valence-corrected chi connectivity index (χ0v) is 6.51. The quantitative estimate of drug-likeness (QED) is 0.345. The Morgan fingerprint density at radius 2 is 0.500 bits per heavy atom. The summed E-state index contributed by atoms with van der Waals surface area (Å²) >= 11 is 0. The topological polar surface area (TPSA) is 181 Å². The molecule has 0 rings (SSSR count). The Balaban J connectivity index is -0.00000000167. The Morgan fingerprint density at radius 1 is 0.500 bits per heavy atom. The van der Waals surface area contributed by atoms with Crippen LogP contribution in [0.1, 0.15) is 29.7 Å². The maximum Gasteiger partial charge on any atom is 0 e. The SMILES string of the molecule is C.C.C.C.O.O=O.O=O.OO.OO.[Pt]. The van der Waals surface area contributed by atoms with Crippen molar-refractivity contribution in [2.75, 3.05) is 0 Å². The van der Waals surface area contributed by atoms with Crippen molar-refractivity contribution in [3.05, 3.63) is 19.9 Å². The van der Waals surface area contributed by atoms with Crippen molar-refractivity contribution in [2.24, 2.45) is 0 Å². The molecule has 10 heteroatoms. The summed E-state index contributed by atoms with van der Waals surface area (Å²) in [4.78, 5) is 28.0. The van der Waals surface area contributed by atoms with Gasteiger partial charge in [0.15, 0.2) is 0 Å². The third kappa shape index (κ3) is 13700. The molecule has 0 radical (unpaired) electrons. The number of hydrogen-bond donors (Lipinski definition) is 4. The Labute approximate surface area is 97.6 Å². The summed E-state index contributed by atoms with van der Waals surface area (Å²) in [5.74, 6) is 0. The molecule has 14 heavy (non-hydrogen) atoms. The maximum absolute atomic E-state index is 7.00. The minimum atomic E-state index is 0. The number of rotatable bonds is 0. The van der Waals surface area contributed by atoms with Crippen LogP contribution in [0.25, 0.3) is 0 Å². The molecule has 0 aliphatic carbocycles. The zero-order chi connectivity index (χ0) is 8.00. The van der Waals surface area contributed by atoms with Crippen molar-refractivity contribution in [3.8, 4) is 0 Å². The van der Waals surface area contributed by atoms with Crippen LogP contribution < -0.4 is 0 Å². The van der Waals surface area contributed by atoms with E-state index in [1.54, 1.807) is 0 Å². The van der Waals surface area contributed by atoms with E-state index in [-0.39, 0.29) is 56.2 Å². The molecule has 102 valence electrons. The second-order valence-corrected chi connectivity index (χ2v) is 0. The van der Waals surface area contributed by atoms with E-state index >= 15 is 0 Å². The summed E-state index contributed by atoms with van der Waals surface area (Å²) in [7, 11) is 0. The molecule has 0 spiro atoms. The van der Waals surface area contributed by atoms with Crippen LogP contribution in [0.4, 0.5) is 0 Å². The molecule has 0 heterocycles. The van der Waals surface area contributed by atoms with Crippen molar-refractivity contribution in [2.45, 2.75) is 29.7 Å². The van der Waals surface area contributed by atoms with Gasteiger partial charge in [-0.1, -0.05) is 29.7 Å². The van der Waals surface area contributed by atoms with Crippen LogP contribution in [0, 0.1) is 19.9 Å². The molecular formula is C4H22O9Pt. The largest absolute Gasteiger partial charge is 0.412 e. The molecule has 0 aromatic heterocycles. The van der Waals surface area contributed by atoms with E-state index in [0.29, 0.717) is 0 Å². The third-order valence-electron chi connectivity index (χ3n) is 0. The first-order valence-corrected chi connectivity index (χ1v) is 0.733. The minimum Gasteiger partial charge on any atom is -0.412 e. The molecule has 6 N–H and O–H groups in total. The van der Waals surface area contributed by atoms with Crippen LogP contribution >= 0.6 is 0 Å². The van der Waals surface area contributed by atoms with Crippen LogP contribution in [0.15, 0.2) is 0 Å². The Morgan fingerprint density at radius 3 is 0.500 bits per heavy atom. The van der Waals surface area contributed by atoms with E-state index in [9.17, 15) is 0 Å². The molecule has 9 nitrogen and oxygen atoms in total. The monoisotopic (exact) mass is 409 g/mol. The molecule has 0 aliphatic rings. The fourth-order valence-electron chi connectivity index (χ4n) is 0. The van der Waals surface area contributed by atoms with E-state index in [0.717, 1.165) is 0 Å². The minimum absolute atomic E-state index is 0. The van der Waals surface area contributed by atoms with E-state index in [1.807, 2.05) is 0 Å². The van der Waals surface area contributed by atoms with Crippen LogP contribution in [-0.4, -0.2) is 26.5 Å². The molecule has 0 saturated carbocycles. The second kappa shape index (κ2) is 17800. The Hall–Kier alpha value is -0.312. The smallest absolute Gasteiger partial charge is 0 e. The van der Waals surface area contributed by atoms with Gasteiger partial charge in [-0.05, 0) is 0 Å². The van der Waals surface area contributed by atoms with E-state index in [2.05, 4.69) is 0 Å². The summed E-state index contributed by atoms with van der Waals surface area (Å²) in [6, 6.07) is 0. The molecule has 0 fully saturated rings. The average molecular weight is 409 g/mol. The van der Waals surface area contributed by atoms with Crippen molar-refractivity contribution in [1.29, 1.82) is 0 Å². The molecule has 0 aromatic rings. The van der Waals surface area contributed by atoms with Crippen molar-refractivity contribution >= 4 is 0 Å². The summed E-state index contributed by atoms with van der Waals surface area (Å²) < 4.78 is 0. The van der Waals surface area contributed by atoms with Gasteiger partial charge in [-0.2, -0.15) is 0 Å². The van der Waals surface area contributed by atoms with Gasteiger partial charge in [0.2, 0.25) is 0 Å². The maximum atomic E-state index is 7.00. The molecular weight excluding hydrogens is 387 g/mol. The first kappa shape index (κ1) is 162. The third-order valence-corrected chi connectivity index (χ3v) is 0. The molecule has 0 aromatic carbocycles. The van der Waals surface area contributed by atoms with Gasteiger partial charge in [0.25, 0.3) is 0 Å². The van der Waals surface area contributed by atoms with Gasteiger partial charge in [-0.15, -0.1) is 0 Å². The molecule has 0 atom stereocenters. The fourth-order valence-corrected chi connectivity index (χ4v) is 0. The summed E-state index contributed by atoms with van der Waals surface area (Å²) in [6.07, 6.45) is 0. The van der Waals surface area contributed by atoms with E-state index in [1.165, 1.54) is 0 Å². The predicted molar refractivity (Wildman–Crippen MR) is 54.5 cm³/mol. The van der Waals surface area contributed by atoms with Gasteiger partial charge in [0.1, 0.15) is 0 Å². The molecule has 0 amide bonds. The predicted octanol–water partition coefficient (Wildman–Crippen LogP) is 1.89. The van der Waals surface area contributed by atoms with Crippen LogP contribution in [0.3, 0.4) is 0 Å². The summed E-state index contributed by atoms with van der Waals surface area (Å²) in [6.45, 7) is 0. The fraction of sp³-hybridized carbons (Fsp3) is 1.00. The summed E-state index contributed by atoms with van der Waals surface area (Å²) in [5, 5.41) is 24.0. The van der Waals surface area contributed by atoms with Crippen molar-refractivity contribution < 1.29 is 47.6 Å². The van der Waals surface area contributed by atoms with Crippen LogP contribution in [0.5, 0.6) is 0 Å². The first-order valence-electron chi connectivity index (χ1n) is 0.733. The van der Waals surface area contributed by atoms with Gasteiger partial charge in [-0.3, -0.25) is 21.0 Å². The van der Waals surface area contributed by atoms with Crippen molar-refractivity contribution in [1.82, 2.24) is 0 Å². The molecule has 0 bridgehead atoms. The second-order valence-electron chi connectivity index (χ2n) is 0. The standard InChI is InChI=1S/4CH4.2H2O2.2O2.H2O.Pt/c;;;;4*1-2;;/h4*1H4;2*1-2H;;;1H2;. The number of hydrogen-bond acceptors (Lipinski definition) is 8. The van der Waals surface area contributed by atoms with Crippen molar-refractivity contribution in [3.63, 3.8) is 0 Å². The molecule has 0 saturated heterocycles. The normalized spacial score (nSPS) is 1.43. The zero-order valence-electron chi connectivity index (χ0n) is 4.24. The summed E-state index contributed by atoms with van der Waals surface area (Å²) in [5.41, 5.74) is 0. The first-order chi connectivity index (χ1) is 4.00. The Kier molecular flexibility index (Phi) is 206000. The van der Waals surface area contributed by atoms with Gasteiger partial charge in [-0.25, -0.2) is 0 Å². The van der Waals surface area contributed by atoms with Gasteiger partial charge < -0.3 is 5.48 Å². The van der Waals surface area contributed by atoms with E-state index < -0.39 is 0 Å². The molecule has 0 unspecified atom stereocenters. The van der Waals surface area contributed by atoms with Gasteiger partial charge >= 0.3 is 0 Å². The van der Waals surface area contributed by atoms with Crippen LogP contribution in [0.2, 0.25) is 0 Å².